The van der Waals surface area contributed by atoms with E-state index in [9.17, 15) is 18.8 Å². The molecule has 1 atom stereocenters. The van der Waals surface area contributed by atoms with E-state index in [-0.39, 0.29) is 30.0 Å². The standard InChI is InChI=1S/C27H23FN4O4S/c1-29-25(33)17-5-3-16(4-6-17)23-13-20-24(37-23)22(9-11-30-20)36-21-7-2-15(12-19(21)28)14-32-27(35)18-8-10-31-26(18)34/h2-7,9,11-13,18H,8,10,14H2,1H3,(H,29,33)(H,31,34)(H,32,35). The van der Waals surface area contributed by atoms with Gasteiger partial charge in [-0.1, -0.05) is 18.2 Å². The number of hydrogen-bond donors (Lipinski definition) is 3. The summed E-state index contributed by atoms with van der Waals surface area (Å²) < 4.78 is 21.6. The number of halogens is 1. The van der Waals surface area contributed by atoms with Gasteiger partial charge in [0, 0.05) is 42.8 Å². The van der Waals surface area contributed by atoms with Crippen LogP contribution in [-0.2, 0) is 16.1 Å². The predicted octanol–water partition coefficient (Wildman–Crippen LogP) is 4.01. The first-order valence-electron chi connectivity index (χ1n) is 11.7. The summed E-state index contributed by atoms with van der Waals surface area (Å²) in [5, 5.41) is 7.91. The molecule has 0 radical (unpaired) electrons. The lowest BCUT2D eigenvalue weighted by atomic mass is 10.1. The molecule has 3 amide bonds. The third-order valence-corrected chi connectivity index (χ3v) is 7.27. The van der Waals surface area contributed by atoms with Crippen molar-refractivity contribution in [2.45, 2.75) is 13.0 Å². The minimum Gasteiger partial charge on any atom is -0.453 e. The van der Waals surface area contributed by atoms with Crippen LogP contribution in [0.1, 0.15) is 22.3 Å². The van der Waals surface area contributed by atoms with Gasteiger partial charge in [-0.05, 0) is 47.9 Å². The smallest absolute Gasteiger partial charge is 0.251 e. The predicted molar refractivity (Wildman–Crippen MR) is 138 cm³/mol. The topological polar surface area (TPSA) is 109 Å². The van der Waals surface area contributed by atoms with Crippen LogP contribution in [0.5, 0.6) is 11.5 Å². The monoisotopic (exact) mass is 518 g/mol. The van der Waals surface area contributed by atoms with Gasteiger partial charge >= 0.3 is 0 Å². The summed E-state index contributed by atoms with van der Waals surface area (Å²) >= 11 is 1.46. The Hall–Kier alpha value is -4.31. The zero-order valence-electron chi connectivity index (χ0n) is 19.8. The second kappa shape index (κ2) is 10.4. The molecule has 2 aromatic carbocycles. The van der Waals surface area contributed by atoms with E-state index in [1.54, 1.807) is 37.5 Å². The van der Waals surface area contributed by atoms with Crippen LogP contribution in [0.25, 0.3) is 20.7 Å². The van der Waals surface area contributed by atoms with E-state index in [0.29, 0.717) is 35.4 Å². The molecule has 37 heavy (non-hydrogen) atoms. The summed E-state index contributed by atoms with van der Waals surface area (Å²) in [6, 6.07) is 15.3. The Kier molecular flexibility index (Phi) is 6.82. The van der Waals surface area contributed by atoms with Gasteiger partial charge in [-0.15, -0.1) is 11.3 Å². The fraction of sp³-hybridized carbons (Fsp3) is 0.185. The third kappa shape index (κ3) is 5.14. The fourth-order valence-corrected chi connectivity index (χ4v) is 5.15. The summed E-state index contributed by atoms with van der Waals surface area (Å²) in [7, 11) is 1.59. The van der Waals surface area contributed by atoms with Gasteiger partial charge < -0.3 is 20.7 Å². The lowest BCUT2D eigenvalue weighted by molar-refractivity contribution is -0.133. The molecule has 1 saturated heterocycles. The molecule has 188 valence electrons. The van der Waals surface area contributed by atoms with Gasteiger partial charge in [0.2, 0.25) is 11.8 Å². The van der Waals surface area contributed by atoms with Crippen molar-refractivity contribution < 1.29 is 23.5 Å². The van der Waals surface area contributed by atoms with E-state index >= 15 is 0 Å². The number of nitrogens with one attached hydrogen (secondary N) is 3. The molecule has 2 aromatic heterocycles. The maximum Gasteiger partial charge on any atom is 0.251 e. The summed E-state index contributed by atoms with van der Waals surface area (Å²) in [4.78, 5) is 41.0. The molecule has 10 heteroatoms. The van der Waals surface area contributed by atoms with Crippen molar-refractivity contribution in [3.05, 3.63) is 77.7 Å². The molecule has 3 N–H and O–H groups in total. The Morgan fingerprint density at radius 2 is 1.95 bits per heavy atom. The number of carbonyl (C=O) groups excluding carboxylic acids is 3. The Morgan fingerprint density at radius 3 is 2.65 bits per heavy atom. The number of fused-ring (bicyclic) bond motifs is 1. The van der Waals surface area contributed by atoms with E-state index in [1.165, 1.54) is 23.5 Å². The Labute approximate surface area is 215 Å². The molecule has 8 nitrogen and oxygen atoms in total. The third-order valence-electron chi connectivity index (χ3n) is 6.08. The zero-order chi connectivity index (χ0) is 25.9. The van der Waals surface area contributed by atoms with Crippen molar-refractivity contribution in [1.82, 2.24) is 20.9 Å². The van der Waals surface area contributed by atoms with Crippen molar-refractivity contribution in [3.8, 4) is 21.9 Å². The lowest BCUT2D eigenvalue weighted by Crippen LogP contribution is -2.34. The molecular formula is C27H23FN4O4S. The van der Waals surface area contributed by atoms with Crippen LogP contribution in [0.15, 0.2) is 60.8 Å². The first-order valence-corrected chi connectivity index (χ1v) is 12.5. The highest BCUT2D eigenvalue weighted by molar-refractivity contribution is 7.22. The molecule has 0 bridgehead atoms. The molecule has 3 heterocycles. The highest BCUT2D eigenvalue weighted by Gasteiger charge is 2.30. The Morgan fingerprint density at radius 1 is 1.14 bits per heavy atom. The van der Waals surface area contributed by atoms with Crippen LogP contribution in [0.2, 0.25) is 0 Å². The number of carbonyl (C=O) groups is 3. The highest BCUT2D eigenvalue weighted by Crippen LogP contribution is 2.39. The van der Waals surface area contributed by atoms with E-state index in [1.807, 2.05) is 18.2 Å². The summed E-state index contributed by atoms with van der Waals surface area (Å²) in [5.74, 6) is -1.57. The van der Waals surface area contributed by atoms with Crippen LogP contribution >= 0.6 is 11.3 Å². The van der Waals surface area contributed by atoms with Gasteiger partial charge in [-0.2, -0.15) is 0 Å². The van der Waals surface area contributed by atoms with Gasteiger partial charge in [-0.25, -0.2) is 4.39 Å². The summed E-state index contributed by atoms with van der Waals surface area (Å²) in [6.07, 6.45) is 2.06. The molecule has 1 aliphatic rings. The van der Waals surface area contributed by atoms with Gasteiger partial charge in [0.1, 0.15) is 11.7 Å². The quantitative estimate of drug-likeness (QED) is 0.321. The van der Waals surface area contributed by atoms with E-state index in [4.69, 9.17) is 4.74 Å². The van der Waals surface area contributed by atoms with Gasteiger partial charge in [-0.3, -0.25) is 19.4 Å². The molecule has 0 spiro atoms. The van der Waals surface area contributed by atoms with Gasteiger partial charge in [0.15, 0.2) is 11.6 Å². The number of ether oxygens (including phenoxy) is 1. The average molecular weight is 519 g/mol. The Balaban J connectivity index is 1.31. The van der Waals surface area contributed by atoms with Crippen LogP contribution < -0.4 is 20.7 Å². The number of nitrogens with zero attached hydrogens (tertiary/aromatic N) is 1. The van der Waals surface area contributed by atoms with Crippen LogP contribution in [0, 0.1) is 11.7 Å². The number of aromatic nitrogens is 1. The second-order valence-corrected chi connectivity index (χ2v) is 9.56. The summed E-state index contributed by atoms with van der Waals surface area (Å²) in [6.45, 7) is 0.585. The van der Waals surface area contributed by atoms with Gasteiger partial charge in [0.25, 0.3) is 5.91 Å². The van der Waals surface area contributed by atoms with Crippen molar-refractivity contribution in [3.63, 3.8) is 0 Å². The second-order valence-electron chi connectivity index (χ2n) is 8.51. The molecule has 0 aliphatic carbocycles. The van der Waals surface area contributed by atoms with Crippen molar-refractivity contribution in [2.24, 2.45) is 5.92 Å². The average Bonchev–Trinajstić information content (AvgIpc) is 3.55. The number of thiophene rings is 1. The largest absolute Gasteiger partial charge is 0.453 e. The van der Waals surface area contributed by atoms with Crippen LogP contribution in [-0.4, -0.2) is 36.3 Å². The number of amides is 3. The lowest BCUT2D eigenvalue weighted by Gasteiger charge is -2.11. The number of rotatable bonds is 7. The molecule has 5 rings (SSSR count). The van der Waals surface area contributed by atoms with Crippen LogP contribution in [0.4, 0.5) is 4.39 Å². The number of pyridine rings is 1. The van der Waals surface area contributed by atoms with Crippen molar-refractivity contribution >= 4 is 39.3 Å². The zero-order valence-corrected chi connectivity index (χ0v) is 20.7. The maximum atomic E-state index is 14.9. The van der Waals surface area contributed by atoms with Crippen molar-refractivity contribution in [1.29, 1.82) is 0 Å². The van der Waals surface area contributed by atoms with E-state index in [2.05, 4.69) is 20.9 Å². The molecular weight excluding hydrogens is 495 g/mol. The van der Waals surface area contributed by atoms with E-state index in [0.717, 1.165) is 15.1 Å². The number of benzene rings is 2. The molecule has 1 fully saturated rings. The molecule has 1 aliphatic heterocycles. The molecule has 4 aromatic rings. The highest BCUT2D eigenvalue weighted by atomic mass is 32.1. The van der Waals surface area contributed by atoms with Gasteiger partial charge in [0.05, 0.1) is 10.2 Å². The summed E-state index contributed by atoms with van der Waals surface area (Å²) in [5.41, 5.74) is 2.75. The van der Waals surface area contributed by atoms with Crippen LogP contribution in [0.3, 0.4) is 0 Å². The minimum absolute atomic E-state index is 0.0441. The fourth-order valence-electron chi connectivity index (χ4n) is 4.08. The first kappa shape index (κ1) is 24.4. The minimum atomic E-state index is -0.703. The Bertz CT molecular complexity index is 1500. The first-order chi connectivity index (χ1) is 17.9. The normalized spacial score (nSPS) is 14.9. The molecule has 1 unspecified atom stereocenters. The van der Waals surface area contributed by atoms with Crippen molar-refractivity contribution in [2.75, 3.05) is 13.6 Å². The maximum absolute atomic E-state index is 14.9. The SMILES string of the molecule is CNC(=O)c1ccc(-c2cc3nccc(Oc4ccc(CNC(=O)C5CCNC5=O)cc4F)c3s2)cc1. The molecule has 0 saturated carbocycles. The van der Waals surface area contributed by atoms with E-state index < -0.39 is 11.7 Å². The number of hydrogen-bond acceptors (Lipinski definition) is 6.